The number of carbonyl (C=O) groups is 1. The monoisotopic (exact) mass is 313 g/mol. The zero-order chi connectivity index (χ0) is 16.8. The number of nitro benzene ring substituents is 1. The molecule has 2 rings (SSSR count). The lowest BCUT2D eigenvalue weighted by Crippen LogP contribution is -2.38. The molecule has 6 nitrogen and oxygen atoms in total. The van der Waals surface area contributed by atoms with Crippen molar-refractivity contribution in [3.8, 4) is 0 Å². The molecule has 2 aromatic carbocycles. The summed E-state index contributed by atoms with van der Waals surface area (Å²) in [7, 11) is 0. The Bertz CT molecular complexity index is 671. The summed E-state index contributed by atoms with van der Waals surface area (Å²) in [6.45, 7) is 3.67. The number of amides is 1. The fraction of sp³-hybridized carbons (Fsp3) is 0.235. The van der Waals surface area contributed by atoms with E-state index in [2.05, 4.69) is 10.6 Å². The number of hydrogen-bond donors (Lipinski definition) is 2. The van der Waals surface area contributed by atoms with Gasteiger partial charge < -0.3 is 10.6 Å². The number of rotatable bonds is 6. The molecule has 0 spiro atoms. The first kappa shape index (κ1) is 16.5. The summed E-state index contributed by atoms with van der Waals surface area (Å²) in [5, 5.41) is 16.6. The smallest absolute Gasteiger partial charge is 0.269 e. The molecule has 0 aliphatic heterocycles. The molecule has 0 saturated heterocycles. The molecule has 0 aliphatic carbocycles. The fourth-order valence-electron chi connectivity index (χ4n) is 2.16. The Hall–Kier alpha value is -2.89. The molecule has 0 radical (unpaired) electrons. The largest absolute Gasteiger partial charge is 0.374 e. The summed E-state index contributed by atoms with van der Waals surface area (Å²) >= 11 is 0. The van der Waals surface area contributed by atoms with Gasteiger partial charge >= 0.3 is 0 Å². The van der Waals surface area contributed by atoms with Gasteiger partial charge in [0.2, 0.25) is 5.91 Å². The summed E-state index contributed by atoms with van der Waals surface area (Å²) in [5.74, 6) is -0.139. The van der Waals surface area contributed by atoms with Gasteiger partial charge in [0.25, 0.3) is 5.69 Å². The van der Waals surface area contributed by atoms with E-state index in [-0.39, 0.29) is 17.6 Å². The van der Waals surface area contributed by atoms with E-state index in [1.54, 1.807) is 19.1 Å². The Morgan fingerprint density at radius 1 is 1.04 bits per heavy atom. The summed E-state index contributed by atoms with van der Waals surface area (Å²) in [6, 6.07) is 15.1. The molecular formula is C17H19N3O3. The Labute approximate surface area is 134 Å². The van der Waals surface area contributed by atoms with E-state index in [1.807, 2.05) is 37.3 Å². The van der Waals surface area contributed by atoms with Crippen LogP contribution in [0.25, 0.3) is 0 Å². The van der Waals surface area contributed by atoms with Crippen molar-refractivity contribution in [3.63, 3.8) is 0 Å². The van der Waals surface area contributed by atoms with Gasteiger partial charge in [-0.3, -0.25) is 14.9 Å². The summed E-state index contributed by atoms with van der Waals surface area (Å²) in [6.07, 6.45) is 0. The maximum atomic E-state index is 12.2. The summed E-state index contributed by atoms with van der Waals surface area (Å²) < 4.78 is 0. The number of non-ortho nitro benzene ring substituents is 1. The molecule has 23 heavy (non-hydrogen) atoms. The summed E-state index contributed by atoms with van der Waals surface area (Å²) in [4.78, 5) is 22.4. The Morgan fingerprint density at radius 3 is 2.22 bits per heavy atom. The van der Waals surface area contributed by atoms with Crippen LogP contribution in [0.15, 0.2) is 54.6 Å². The molecule has 0 aliphatic rings. The maximum Gasteiger partial charge on any atom is 0.269 e. The lowest BCUT2D eigenvalue weighted by molar-refractivity contribution is -0.384. The van der Waals surface area contributed by atoms with Gasteiger partial charge in [-0.25, -0.2) is 0 Å². The van der Waals surface area contributed by atoms with Crippen molar-refractivity contribution in [2.45, 2.75) is 25.9 Å². The van der Waals surface area contributed by atoms with E-state index >= 15 is 0 Å². The number of carbonyl (C=O) groups excluding carboxylic acids is 1. The SMILES string of the molecule is C[C@H](NC(=O)[C@@H](C)Nc1ccc([N+](=O)[O-])cc1)c1ccccc1. The molecule has 6 heteroatoms. The highest BCUT2D eigenvalue weighted by Gasteiger charge is 2.16. The third-order valence-corrected chi connectivity index (χ3v) is 3.51. The molecule has 0 saturated carbocycles. The third-order valence-electron chi connectivity index (χ3n) is 3.51. The van der Waals surface area contributed by atoms with E-state index < -0.39 is 11.0 Å². The van der Waals surface area contributed by atoms with Crippen LogP contribution in [0.3, 0.4) is 0 Å². The van der Waals surface area contributed by atoms with Crippen LogP contribution in [-0.4, -0.2) is 16.9 Å². The van der Waals surface area contributed by atoms with Gasteiger partial charge in [0, 0.05) is 17.8 Å². The fourth-order valence-corrected chi connectivity index (χ4v) is 2.16. The summed E-state index contributed by atoms with van der Waals surface area (Å²) in [5.41, 5.74) is 1.71. The predicted molar refractivity (Wildman–Crippen MR) is 89.2 cm³/mol. The van der Waals surface area contributed by atoms with Crippen molar-refractivity contribution in [2.24, 2.45) is 0 Å². The number of nitrogens with one attached hydrogen (secondary N) is 2. The molecule has 120 valence electrons. The molecule has 2 atom stereocenters. The highest BCUT2D eigenvalue weighted by molar-refractivity contribution is 5.84. The Kier molecular flexibility index (Phi) is 5.30. The van der Waals surface area contributed by atoms with Crippen molar-refractivity contribution in [1.82, 2.24) is 5.32 Å². The first-order valence-corrected chi connectivity index (χ1v) is 7.33. The molecule has 0 fully saturated rings. The standard InChI is InChI=1S/C17H19N3O3/c1-12(14-6-4-3-5-7-14)19-17(21)13(2)18-15-8-10-16(11-9-15)20(22)23/h3-13,18H,1-2H3,(H,19,21)/t12-,13+/m0/s1. The molecule has 0 aromatic heterocycles. The van der Waals surface area contributed by atoms with Crippen molar-refractivity contribution >= 4 is 17.3 Å². The second-order valence-corrected chi connectivity index (χ2v) is 5.31. The van der Waals surface area contributed by atoms with Crippen LogP contribution < -0.4 is 10.6 Å². The first-order valence-electron chi connectivity index (χ1n) is 7.33. The van der Waals surface area contributed by atoms with Crippen molar-refractivity contribution in [2.75, 3.05) is 5.32 Å². The van der Waals surface area contributed by atoms with Crippen LogP contribution >= 0.6 is 0 Å². The third kappa shape index (κ3) is 4.54. The van der Waals surface area contributed by atoms with Gasteiger partial charge in [0.1, 0.15) is 6.04 Å². The van der Waals surface area contributed by atoms with Gasteiger partial charge in [-0.05, 0) is 31.5 Å². The number of anilines is 1. The van der Waals surface area contributed by atoms with Crippen LogP contribution in [0, 0.1) is 10.1 Å². The molecule has 1 amide bonds. The second-order valence-electron chi connectivity index (χ2n) is 5.31. The van der Waals surface area contributed by atoms with Gasteiger partial charge in [-0.1, -0.05) is 30.3 Å². The van der Waals surface area contributed by atoms with E-state index in [0.29, 0.717) is 5.69 Å². The Morgan fingerprint density at radius 2 is 1.65 bits per heavy atom. The highest BCUT2D eigenvalue weighted by atomic mass is 16.6. The van der Waals surface area contributed by atoms with Crippen LogP contribution in [0.5, 0.6) is 0 Å². The predicted octanol–water partition coefficient (Wildman–Crippen LogP) is 3.27. The van der Waals surface area contributed by atoms with Crippen LogP contribution in [0.2, 0.25) is 0 Å². The molecule has 0 bridgehead atoms. The lowest BCUT2D eigenvalue weighted by Gasteiger charge is -2.19. The Balaban J connectivity index is 1.93. The van der Waals surface area contributed by atoms with Gasteiger partial charge in [-0.15, -0.1) is 0 Å². The van der Waals surface area contributed by atoms with Crippen LogP contribution in [-0.2, 0) is 4.79 Å². The topological polar surface area (TPSA) is 84.3 Å². The van der Waals surface area contributed by atoms with E-state index in [1.165, 1.54) is 12.1 Å². The average molecular weight is 313 g/mol. The molecule has 0 heterocycles. The van der Waals surface area contributed by atoms with Gasteiger partial charge in [0.15, 0.2) is 0 Å². The molecular weight excluding hydrogens is 294 g/mol. The zero-order valence-electron chi connectivity index (χ0n) is 13.0. The van der Waals surface area contributed by atoms with Gasteiger partial charge in [-0.2, -0.15) is 0 Å². The quantitative estimate of drug-likeness (QED) is 0.633. The van der Waals surface area contributed by atoms with Crippen LogP contribution in [0.4, 0.5) is 11.4 Å². The molecule has 0 unspecified atom stereocenters. The number of nitro groups is 1. The normalized spacial score (nSPS) is 13.0. The van der Waals surface area contributed by atoms with Crippen molar-refractivity contribution < 1.29 is 9.72 Å². The van der Waals surface area contributed by atoms with E-state index in [9.17, 15) is 14.9 Å². The minimum Gasteiger partial charge on any atom is -0.374 e. The minimum atomic E-state index is -0.457. The van der Waals surface area contributed by atoms with Gasteiger partial charge in [0.05, 0.1) is 11.0 Å². The average Bonchev–Trinajstić information content (AvgIpc) is 2.56. The van der Waals surface area contributed by atoms with Crippen molar-refractivity contribution in [1.29, 1.82) is 0 Å². The number of benzene rings is 2. The lowest BCUT2D eigenvalue weighted by atomic mass is 10.1. The maximum absolute atomic E-state index is 12.2. The number of nitrogens with zero attached hydrogens (tertiary/aromatic N) is 1. The first-order chi connectivity index (χ1) is 11.0. The van der Waals surface area contributed by atoms with Crippen molar-refractivity contribution in [3.05, 3.63) is 70.3 Å². The van der Waals surface area contributed by atoms with E-state index in [4.69, 9.17) is 0 Å². The minimum absolute atomic E-state index is 0.0188. The highest BCUT2D eigenvalue weighted by Crippen LogP contribution is 2.16. The zero-order valence-corrected chi connectivity index (χ0v) is 13.0. The van der Waals surface area contributed by atoms with E-state index in [0.717, 1.165) is 5.56 Å². The number of hydrogen-bond acceptors (Lipinski definition) is 4. The van der Waals surface area contributed by atoms with Crippen LogP contribution in [0.1, 0.15) is 25.5 Å². The molecule has 2 aromatic rings. The second kappa shape index (κ2) is 7.40. The molecule has 2 N–H and O–H groups in total.